The number of ether oxygens (including phenoxy) is 2. The Kier molecular flexibility index (Phi) is 6.18. The number of aromatic amines is 1. The molecule has 1 aliphatic heterocycles. The van der Waals surface area contributed by atoms with Crippen LogP contribution in [0.5, 0.6) is 5.75 Å². The van der Waals surface area contributed by atoms with Crippen LogP contribution in [0.4, 0.5) is 0 Å². The molecule has 31 heavy (non-hydrogen) atoms. The van der Waals surface area contributed by atoms with E-state index in [0.717, 1.165) is 0 Å². The molecule has 1 aliphatic rings. The number of aliphatic hydroxyl groups excluding tert-OH is 4. The molecule has 6 N–H and O–H groups in total. The highest BCUT2D eigenvalue weighted by atomic mass is 32.3. The molecular formula is C17H22N2O10S2. The molecule has 0 spiro atoms. The van der Waals surface area contributed by atoms with Crippen molar-refractivity contribution < 1.29 is 51.3 Å². The number of H-pyrrole nitrogens is 1. The Bertz CT molecular complexity index is 1140. The molecule has 14 heteroatoms. The van der Waals surface area contributed by atoms with Crippen LogP contribution in [0.25, 0.3) is 10.9 Å². The normalized spacial score (nSPS) is 29.3. The van der Waals surface area contributed by atoms with Crippen LogP contribution in [0.3, 0.4) is 0 Å². The molecule has 172 valence electrons. The van der Waals surface area contributed by atoms with Crippen LogP contribution >= 0.6 is 11.8 Å². The number of nitrogens with one attached hydrogen (secondary N) is 1. The van der Waals surface area contributed by atoms with Crippen molar-refractivity contribution in [1.29, 1.82) is 0 Å². The summed E-state index contributed by atoms with van der Waals surface area (Å²) in [5, 5.41) is 43.1. The Morgan fingerprint density at radius 3 is 2.77 bits per heavy atom. The summed E-state index contributed by atoms with van der Waals surface area (Å²) < 4.78 is 67.6. The SMILES string of the molecule is [2H]C([2H])([2H])Oc1cccc2[nH]cc(C/C(=N/OS(=O)(=O)O)S[C@@H]3O[C@H](CO)[C@@H](O)[C@H](O)[C@H]3O)c12. The molecule has 2 aromatic rings. The number of thioether (sulfide) groups is 1. The van der Waals surface area contributed by atoms with Gasteiger partial charge in [0.2, 0.25) is 0 Å². The standard InChI is InChI=1S/C17H22N2O10S2/c1-27-10-4-2-3-9-13(10)8(6-18-9)5-12(19-29-31(24,25)26)30-17-16(23)15(22)14(21)11(7-20)28-17/h2-4,6,11,14-18,20-23H,5,7H2,1H3,(H,24,25,26)/b19-12-/t11-,14-,15+,16-,17+/m1/s1/i1D3. The first kappa shape index (κ1) is 19.8. The van der Waals surface area contributed by atoms with Gasteiger partial charge in [0.1, 0.15) is 40.6 Å². The monoisotopic (exact) mass is 481 g/mol. The summed E-state index contributed by atoms with van der Waals surface area (Å²) in [6, 6.07) is 4.62. The molecule has 0 aliphatic carbocycles. The lowest BCUT2D eigenvalue weighted by molar-refractivity contribution is -0.205. The Hall–Kier alpha value is -1.91. The van der Waals surface area contributed by atoms with E-state index in [1.165, 1.54) is 12.3 Å². The van der Waals surface area contributed by atoms with Crippen LogP contribution in [0.1, 0.15) is 9.68 Å². The maximum Gasteiger partial charge on any atom is 0.466 e. The van der Waals surface area contributed by atoms with Crippen molar-refractivity contribution in [2.45, 2.75) is 36.3 Å². The Morgan fingerprint density at radius 2 is 2.10 bits per heavy atom. The van der Waals surface area contributed by atoms with Crippen molar-refractivity contribution in [2.75, 3.05) is 13.6 Å². The van der Waals surface area contributed by atoms with E-state index in [4.69, 9.17) is 18.1 Å². The lowest BCUT2D eigenvalue weighted by Gasteiger charge is -2.39. The third kappa shape index (κ3) is 5.48. The van der Waals surface area contributed by atoms with E-state index in [1.54, 1.807) is 12.1 Å². The molecule has 3 rings (SSSR count). The minimum absolute atomic E-state index is 0.00152. The fraction of sp³-hybridized carbons (Fsp3) is 0.471. The van der Waals surface area contributed by atoms with Crippen molar-refractivity contribution >= 4 is 38.1 Å². The summed E-state index contributed by atoms with van der Waals surface area (Å²) in [6.45, 7) is -0.686. The van der Waals surface area contributed by atoms with Crippen LogP contribution < -0.4 is 4.74 Å². The number of hydrogen-bond donors (Lipinski definition) is 6. The second kappa shape index (κ2) is 9.70. The second-order valence-electron chi connectivity index (χ2n) is 6.57. The summed E-state index contributed by atoms with van der Waals surface area (Å²) in [6.07, 6.45) is -4.95. The van der Waals surface area contributed by atoms with E-state index < -0.39 is 53.9 Å². The summed E-state index contributed by atoms with van der Waals surface area (Å²) >= 11 is 0.594. The summed E-state index contributed by atoms with van der Waals surface area (Å²) in [4.78, 5) is 2.91. The zero-order valence-corrected chi connectivity index (χ0v) is 17.3. The number of aromatic nitrogens is 1. The molecule has 2 heterocycles. The third-order valence-corrected chi connectivity index (χ3v) is 5.91. The smallest absolute Gasteiger partial charge is 0.466 e. The molecule has 5 atom stereocenters. The van der Waals surface area contributed by atoms with Crippen LogP contribution in [0.15, 0.2) is 29.6 Å². The first-order valence-electron chi connectivity index (χ1n) is 10.3. The number of oxime groups is 1. The maximum atomic E-state index is 11.1. The van der Waals surface area contributed by atoms with Gasteiger partial charge < -0.3 is 34.9 Å². The van der Waals surface area contributed by atoms with Gasteiger partial charge in [-0.05, 0) is 17.7 Å². The lowest BCUT2D eigenvalue weighted by atomic mass is 10.0. The Labute approximate surface area is 185 Å². The van der Waals surface area contributed by atoms with Crippen molar-refractivity contribution in [3.63, 3.8) is 0 Å². The van der Waals surface area contributed by atoms with Gasteiger partial charge in [0.05, 0.1) is 17.8 Å². The second-order valence-corrected chi connectivity index (χ2v) is 8.75. The molecule has 1 aromatic carbocycles. The molecule has 1 saturated heterocycles. The zero-order chi connectivity index (χ0) is 25.3. The summed E-state index contributed by atoms with van der Waals surface area (Å²) in [7, 11) is -7.75. The fourth-order valence-corrected chi connectivity index (χ4v) is 4.41. The average molecular weight is 482 g/mol. The number of fused-ring (bicyclic) bond motifs is 1. The van der Waals surface area contributed by atoms with Crippen LogP contribution in [-0.4, -0.2) is 86.9 Å². The zero-order valence-electron chi connectivity index (χ0n) is 18.7. The summed E-state index contributed by atoms with van der Waals surface area (Å²) in [5.41, 5.74) is -0.461. The van der Waals surface area contributed by atoms with E-state index in [1.807, 2.05) is 0 Å². The molecule has 0 amide bonds. The highest BCUT2D eigenvalue weighted by molar-refractivity contribution is 8.14. The number of nitrogens with zero attached hydrogens (tertiary/aromatic N) is 1. The number of aliphatic hydroxyl groups is 4. The van der Waals surface area contributed by atoms with Crippen molar-refractivity contribution in [1.82, 2.24) is 4.98 Å². The Morgan fingerprint density at radius 1 is 1.32 bits per heavy atom. The van der Waals surface area contributed by atoms with Crippen molar-refractivity contribution in [3.05, 3.63) is 30.0 Å². The molecule has 1 aromatic heterocycles. The highest BCUT2D eigenvalue weighted by Gasteiger charge is 2.44. The van der Waals surface area contributed by atoms with E-state index in [9.17, 15) is 28.8 Å². The average Bonchev–Trinajstić information content (AvgIpc) is 3.14. The fourth-order valence-electron chi connectivity index (χ4n) is 3.09. The molecular weight excluding hydrogens is 456 g/mol. The van der Waals surface area contributed by atoms with Crippen molar-refractivity contribution in [3.8, 4) is 5.75 Å². The van der Waals surface area contributed by atoms with Gasteiger partial charge in [-0.15, -0.1) is 0 Å². The highest BCUT2D eigenvalue weighted by Crippen LogP contribution is 2.33. The summed E-state index contributed by atoms with van der Waals surface area (Å²) in [5.74, 6) is 0.00152. The van der Waals surface area contributed by atoms with E-state index >= 15 is 0 Å². The van der Waals surface area contributed by atoms with Gasteiger partial charge in [0.25, 0.3) is 0 Å². The van der Waals surface area contributed by atoms with Crippen LogP contribution in [-0.2, 0) is 25.8 Å². The molecule has 12 nitrogen and oxygen atoms in total. The van der Waals surface area contributed by atoms with Crippen LogP contribution in [0.2, 0.25) is 0 Å². The number of methoxy groups -OCH3 is 1. The number of rotatable bonds is 7. The topological polar surface area (TPSA) is 191 Å². The van der Waals surface area contributed by atoms with Gasteiger partial charge in [0.15, 0.2) is 0 Å². The molecule has 0 bridgehead atoms. The maximum absolute atomic E-state index is 11.1. The van der Waals surface area contributed by atoms with Crippen LogP contribution in [0, 0.1) is 0 Å². The minimum atomic E-state index is -5.00. The first-order chi connectivity index (χ1) is 15.8. The molecule has 1 fully saturated rings. The third-order valence-electron chi connectivity index (χ3n) is 4.53. The van der Waals surface area contributed by atoms with E-state index in [-0.39, 0.29) is 17.2 Å². The quantitative estimate of drug-likeness (QED) is 0.128. The predicted octanol–water partition coefficient (Wildman–Crippen LogP) is -0.615. The molecule has 0 radical (unpaired) electrons. The molecule has 0 saturated carbocycles. The lowest BCUT2D eigenvalue weighted by Crippen LogP contribution is -2.57. The van der Waals surface area contributed by atoms with Gasteiger partial charge in [-0.3, -0.25) is 4.55 Å². The number of hydrogen-bond acceptors (Lipinski definition) is 11. The van der Waals surface area contributed by atoms with E-state index in [0.29, 0.717) is 28.2 Å². The van der Waals surface area contributed by atoms with Gasteiger partial charge in [0, 0.05) is 23.5 Å². The van der Waals surface area contributed by atoms with E-state index in [2.05, 4.69) is 14.4 Å². The molecule has 0 unspecified atom stereocenters. The predicted molar refractivity (Wildman–Crippen MR) is 110 cm³/mol. The van der Waals surface area contributed by atoms with Gasteiger partial charge in [-0.1, -0.05) is 23.0 Å². The van der Waals surface area contributed by atoms with Crippen molar-refractivity contribution in [2.24, 2.45) is 5.16 Å². The Balaban J connectivity index is 1.94. The van der Waals surface area contributed by atoms with Gasteiger partial charge in [-0.2, -0.15) is 8.42 Å². The largest absolute Gasteiger partial charge is 0.496 e. The number of benzene rings is 1. The van der Waals surface area contributed by atoms with Gasteiger partial charge in [-0.25, -0.2) is 4.28 Å². The minimum Gasteiger partial charge on any atom is -0.496 e. The first-order valence-corrected chi connectivity index (χ1v) is 11.0. The van der Waals surface area contributed by atoms with Gasteiger partial charge >= 0.3 is 10.4 Å².